The number of hydrogen-bond acceptors (Lipinski definition) is 2. The SMILES string of the molecule is CCN1C(=O)C2(CCCCC2)NC1c1ccc(Cl)cc1. The number of amides is 1. The number of nitrogens with zero attached hydrogens (tertiary/aromatic N) is 1. The van der Waals surface area contributed by atoms with Crippen LogP contribution in [0, 0.1) is 0 Å². The molecule has 1 N–H and O–H groups in total. The van der Waals surface area contributed by atoms with E-state index in [-0.39, 0.29) is 17.6 Å². The molecule has 3 rings (SSSR count). The molecule has 4 heteroatoms. The second-order valence-corrected chi connectivity index (χ2v) is 6.27. The third-order valence-corrected chi connectivity index (χ3v) is 4.88. The van der Waals surface area contributed by atoms with E-state index in [0.29, 0.717) is 0 Å². The summed E-state index contributed by atoms with van der Waals surface area (Å²) < 4.78 is 0. The Bertz CT molecular complexity index is 494. The third kappa shape index (κ3) is 2.23. The summed E-state index contributed by atoms with van der Waals surface area (Å²) in [6, 6.07) is 7.81. The average Bonchev–Trinajstić information content (AvgIpc) is 2.73. The molecular formula is C16H21ClN2O. The molecule has 1 unspecified atom stereocenters. The smallest absolute Gasteiger partial charge is 0.244 e. The molecule has 108 valence electrons. The molecule has 1 spiro atoms. The number of rotatable bonds is 2. The van der Waals surface area contributed by atoms with Gasteiger partial charge < -0.3 is 4.90 Å². The minimum absolute atomic E-state index is 0.0112. The summed E-state index contributed by atoms with van der Waals surface area (Å²) in [5.74, 6) is 0.277. The Morgan fingerprint density at radius 2 is 1.90 bits per heavy atom. The maximum absolute atomic E-state index is 12.8. The molecule has 20 heavy (non-hydrogen) atoms. The van der Waals surface area contributed by atoms with Crippen molar-refractivity contribution in [3.8, 4) is 0 Å². The summed E-state index contributed by atoms with van der Waals surface area (Å²) in [6.45, 7) is 2.78. The maximum atomic E-state index is 12.8. The van der Waals surface area contributed by atoms with Crippen molar-refractivity contribution < 1.29 is 4.79 Å². The fourth-order valence-corrected chi connectivity index (χ4v) is 3.67. The number of likely N-dealkylation sites (N-methyl/N-ethyl adjacent to an activating group) is 1. The van der Waals surface area contributed by atoms with Gasteiger partial charge in [-0.2, -0.15) is 0 Å². The van der Waals surface area contributed by atoms with E-state index in [9.17, 15) is 4.79 Å². The van der Waals surface area contributed by atoms with E-state index in [1.165, 1.54) is 6.42 Å². The van der Waals surface area contributed by atoms with Crippen LogP contribution in [0.25, 0.3) is 0 Å². The van der Waals surface area contributed by atoms with Crippen LogP contribution in [0.4, 0.5) is 0 Å². The predicted molar refractivity (Wildman–Crippen MR) is 80.5 cm³/mol. The van der Waals surface area contributed by atoms with Gasteiger partial charge in [-0.05, 0) is 37.5 Å². The van der Waals surface area contributed by atoms with Crippen LogP contribution in [0.3, 0.4) is 0 Å². The molecule has 0 aromatic heterocycles. The van der Waals surface area contributed by atoms with E-state index in [2.05, 4.69) is 5.32 Å². The second kappa shape index (κ2) is 5.38. The van der Waals surface area contributed by atoms with E-state index < -0.39 is 0 Å². The lowest BCUT2D eigenvalue weighted by atomic mass is 9.81. The quantitative estimate of drug-likeness (QED) is 0.905. The highest BCUT2D eigenvalue weighted by Gasteiger charge is 2.50. The van der Waals surface area contributed by atoms with E-state index in [0.717, 1.165) is 42.8 Å². The van der Waals surface area contributed by atoms with Gasteiger partial charge in [-0.15, -0.1) is 0 Å². The molecular weight excluding hydrogens is 272 g/mol. The zero-order chi connectivity index (χ0) is 14.2. The summed E-state index contributed by atoms with van der Waals surface area (Å²) in [4.78, 5) is 14.8. The van der Waals surface area contributed by atoms with Gasteiger partial charge in [0.2, 0.25) is 5.91 Å². The van der Waals surface area contributed by atoms with Gasteiger partial charge in [0, 0.05) is 11.6 Å². The lowest BCUT2D eigenvalue weighted by Gasteiger charge is -2.31. The van der Waals surface area contributed by atoms with Crippen molar-refractivity contribution in [3.63, 3.8) is 0 Å². The largest absolute Gasteiger partial charge is 0.322 e. The molecule has 1 atom stereocenters. The lowest BCUT2D eigenvalue weighted by Crippen LogP contribution is -2.48. The zero-order valence-corrected chi connectivity index (χ0v) is 12.6. The molecule has 1 aromatic rings. The van der Waals surface area contributed by atoms with Crippen molar-refractivity contribution >= 4 is 17.5 Å². The van der Waals surface area contributed by atoms with E-state index in [1.54, 1.807) is 0 Å². The Labute approximate surface area is 125 Å². The van der Waals surface area contributed by atoms with Crippen molar-refractivity contribution in [3.05, 3.63) is 34.9 Å². The fourth-order valence-electron chi connectivity index (χ4n) is 3.54. The van der Waals surface area contributed by atoms with Crippen molar-refractivity contribution in [1.82, 2.24) is 10.2 Å². The summed E-state index contributed by atoms with van der Waals surface area (Å²) in [5, 5.41) is 4.36. The van der Waals surface area contributed by atoms with Gasteiger partial charge in [0.1, 0.15) is 6.17 Å². The summed E-state index contributed by atoms with van der Waals surface area (Å²) >= 11 is 5.96. The van der Waals surface area contributed by atoms with Gasteiger partial charge in [0.05, 0.1) is 5.54 Å². The fraction of sp³-hybridized carbons (Fsp3) is 0.562. The second-order valence-electron chi connectivity index (χ2n) is 5.83. The minimum Gasteiger partial charge on any atom is -0.322 e. The van der Waals surface area contributed by atoms with Crippen LogP contribution in [0.1, 0.15) is 50.8 Å². The lowest BCUT2D eigenvalue weighted by molar-refractivity contribution is -0.134. The Morgan fingerprint density at radius 3 is 2.50 bits per heavy atom. The van der Waals surface area contributed by atoms with Crippen molar-refractivity contribution in [2.24, 2.45) is 0 Å². The molecule has 1 heterocycles. The number of benzene rings is 1. The molecule has 3 nitrogen and oxygen atoms in total. The van der Waals surface area contributed by atoms with Crippen LogP contribution >= 0.6 is 11.6 Å². The van der Waals surface area contributed by atoms with Gasteiger partial charge in [-0.3, -0.25) is 10.1 Å². The van der Waals surface area contributed by atoms with Crippen LogP contribution in [0.5, 0.6) is 0 Å². The monoisotopic (exact) mass is 292 g/mol. The zero-order valence-electron chi connectivity index (χ0n) is 11.9. The van der Waals surface area contributed by atoms with Gasteiger partial charge in [0.15, 0.2) is 0 Å². The van der Waals surface area contributed by atoms with Gasteiger partial charge in [-0.1, -0.05) is 43.0 Å². The normalized spacial score (nSPS) is 25.4. The molecule has 1 aliphatic carbocycles. The van der Waals surface area contributed by atoms with Gasteiger partial charge in [-0.25, -0.2) is 0 Å². The number of carbonyl (C=O) groups excluding carboxylic acids is 1. The van der Waals surface area contributed by atoms with E-state index >= 15 is 0 Å². The molecule has 1 amide bonds. The topological polar surface area (TPSA) is 32.3 Å². The highest BCUT2D eigenvalue weighted by atomic mass is 35.5. The minimum atomic E-state index is -0.321. The first-order valence-corrected chi connectivity index (χ1v) is 7.88. The molecule has 0 bridgehead atoms. The highest BCUT2D eigenvalue weighted by molar-refractivity contribution is 6.30. The first kappa shape index (κ1) is 13.9. The predicted octanol–water partition coefficient (Wildman–Crippen LogP) is 3.49. The number of carbonyl (C=O) groups is 1. The van der Waals surface area contributed by atoms with E-state index in [4.69, 9.17) is 11.6 Å². The number of nitrogens with one attached hydrogen (secondary N) is 1. The van der Waals surface area contributed by atoms with Crippen molar-refractivity contribution in [1.29, 1.82) is 0 Å². The highest BCUT2D eigenvalue weighted by Crippen LogP contribution is 2.39. The van der Waals surface area contributed by atoms with Crippen molar-refractivity contribution in [2.45, 2.75) is 50.7 Å². The van der Waals surface area contributed by atoms with Crippen LogP contribution in [-0.4, -0.2) is 22.9 Å². The van der Waals surface area contributed by atoms with Crippen molar-refractivity contribution in [2.75, 3.05) is 6.54 Å². The molecule has 1 aliphatic heterocycles. The molecule has 2 fully saturated rings. The first-order valence-electron chi connectivity index (χ1n) is 7.50. The summed E-state index contributed by atoms with van der Waals surface area (Å²) in [5.41, 5.74) is 0.797. The third-order valence-electron chi connectivity index (χ3n) is 4.63. The van der Waals surface area contributed by atoms with Crippen LogP contribution in [0.15, 0.2) is 24.3 Å². The van der Waals surface area contributed by atoms with Gasteiger partial charge >= 0.3 is 0 Å². The first-order chi connectivity index (χ1) is 9.66. The van der Waals surface area contributed by atoms with Gasteiger partial charge in [0.25, 0.3) is 0 Å². The van der Waals surface area contributed by atoms with Crippen LogP contribution < -0.4 is 5.32 Å². The molecule has 1 saturated heterocycles. The Balaban J connectivity index is 1.91. The molecule has 0 radical (unpaired) electrons. The Morgan fingerprint density at radius 1 is 1.25 bits per heavy atom. The van der Waals surface area contributed by atoms with Crippen LogP contribution in [0.2, 0.25) is 5.02 Å². The molecule has 2 aliphatic rings. The van der Waals surface area contributed by atoms with E-state index in [1.807, 2.05) is 36.1 Å². The summed E-state index contributed by atoms with van der Waals surface area (Å²) in [7, 11) is 0. The maximum Gasteiger partial charge on any atom is 0.244 e. The summed E-state index contributed by atoms with van der Waals surface area (Å²) in [6.07, 6.45) is 5.45. The Hall–Kier alpha value is -1.06. The average molecular weight is 293 g/mol. The number of halogens is 1. The standard InChI is InChI=1S/C16H21ClN2O/c1-2-19-14(12-6-8-13(17)9-7-12)18-16(15(19)20)10-4-3-5-11-16/h6-9,14,18H,2-5,10-11H2,1H3. The number of hydrogen-bond donors (Lipinski definition) is 1. The van der Waals surface area contributed by atoms with Crippen LogP contribution in [-0.2, 0) is 4.79 Å². The molecule has 1 aromatic carbocycles. The molecule has 1 saturated carbocycles. The Kier molecular flexibility index (Phi) is 3.74.